The lowest BCUT2D eigenvalue weighted by atomic mass is 10.1. The van der Waals surface area contributed by atoms with E-state index in [9.17, 15) is 14.4 Å². The Hall–Kier alpha value is -2.69. The van der Waals surface area contributed by atoms with Crippen LogP contribution >= 0.6 is 0 Å². The summed E-state index contributed by atoms with van der Waals surface area (Å²) in [5.41, 5.74) is 3.31. The number of nitriles is 1. The van der Waals surface area contributed by atoms with Crippen LogP contribution in [0, 0.1) is 31.0 Å². The largest absolute Gasteiger partial charge is 0.371 e. The summed E-state index contributed by atoms with van der Waals surface area (Å²) in [7, 11) is 0. The number of ether oxygens (including phenoxy) is 1. The lowest BCUT2D eigenvalue weighted by Crippen LogP contribution is -2.42. The van der Waals surface area contributed by atoms with Crippen LogP contribution in [0.1, 0.15) is 60.2 Å². The normalized spacial score (nSPS) is 20.0. The topological polar surface area (TPSA) is 70.3 Å². The summed E-state index contributed by atoms with van der Waals surface area (Å²) in [4.78, 5) is 15.0. The van der Waals surface area contributed by atoms with Gasteiger partial charge in [0, 0.05) is 24.8 Å². The summed E-state index contributed by atoms with van der Waals surface area (Å²) in [6.45, 7) is 5.80. The highest BCUT2D eigenvalue weighted by Gasteiger charge is 2.28. The number of nitrogens with one attached hydrogen (secondary N) is 1. The van der Waals surface area contributed by atoms with Gasteiger partial charge in [-0.05, 0) is 49.9 Å². The Kier molecular flexibility index (Phi) is 6.40. The number of hydrogen-bond donors (Lipinski definition) is 1. The molecule has 1 aliphatic heterocycles. The van der Waals surface area contributed by atoms with Crippen molar-refractivity contribution in [2.45, 2.75) is 51.7 Å². The maximum atomic E-state index is 13.6. The van der Waals surface area contributed by atoms with Gasteiger partial charge in [-0.3, -0.25) is 9.69 Å². The molecule has 4 rings (SSSR count). The van der Waals surface area contributed by atoms with Gasteiger partial charge in [0.05, 0.1) is 24.8 Å². The fourth-order valence-corrected chi connectivity index (χ4v) is 4.84. The summed E-state index contributed by atoms with van der Waals surface area (Å²) < 4.78 is 21.5. The van der Waals surface area contributed by atoms with E-state index in [2.05, 4.69) is 16.0 Å². The summed E-state index contributed by atoms with van der Waals surface area (Å²) in [5.74, 6) is 0.191. The van der Waals surface area contributed by atoms with Crippen molar-refractivity contribution < 1.29 is 13.9 Å². The summed E-state index contributed by atoms with van der Waals surface area (Å²) in [6, 6.07) is 9.02. The molecule has 1 amide bonds. The smallest absolute Gasteiger partial charge is 0.239 e. The highest BCUT2D eigenvalue weighted by atomic mass is 19.1. The number of morpholine rings is 1. The second-order valence-corrected chi connectivity index (χ2v) is 8.55. The fraction of sp³-hybridized carbons (Fsp3) is 0.500. The lowest BCUT2D eigenvalue weighted by Gasteiger charge is -2.32. The first-order valence-electron chi connectivity index (χ1n) is 11.0. The molecule has 7 heteroatoms. The maximum absolute atomic E-state index is 13.6. The second kappa shape index (κ2) is 9.21. The molecule has 6 nitrogen and oxygen atoms in total. The van der Waals surface area contributed by atoms with Crippen LogP contribution in [-0.4, -0.2) is 41.6 Å². The number of nitrogens with zero attached hydrogens (tertiary/aromatic N) is 3. The molecule has 0 spiro atoms. The van der Waals surface area contributed by atoms with E-state index >= 15 is 0 Å². The number of benzene rings is 1. The molecular formula is C24H29FN4O2. The summed E-state index contributed by atoms with van der Waals surface area (Å²) in [6.07, 6.45) is 4.22. The van der Waals surface area contributed by atoms with Crippen molar-refractivity contribution in [1.29, 1.82) is 5.26 Å². The van der Waals surface area contributed by atoms with Gasteiger partial charge in [-0.2, -0.15) is 5.26 Å². The minimum atomic E-state index is -0.293. The number of carbonyl (C=O) groups excluding carboxylic acids is 1. The molecule has 2 fully saturated rings. The zero-order valence-corrected chi connectivity index (χ0v) is 18.2. The van der Waals surface area contributed by atoms with Crippen molar-refractivity contribution >= 4 is 11.7 Å². The Labute approximate surface area is 182 Å². The number of anilines is 1. The van der Waals surface area contributed by atoms with Gasteiger partial charge in [0.15, 0.2) is 0 Å². The Morgan fingerprint density at radius 3 is 2.81 bits per heavy atom. The number of rotatable bonds is 5. The van der Waals surface area contributed by atoms with E-state index in [1.54, 1.807) is 6.07 Å². The van der Waals surface area contributed by atoms with E-state index in [1.807, 2.05) is 24.8 Å². The van der Waals surface area contributed by atoms with Crippen molar-refractivity contribution in [1.82, 2.24) is 9.47 Å². The van der Waals surface area contributed by atoms with Gasteiger partial charge in [-0.1, -0.05) is 25.0 Å². The molecule has 2 heterocycles. The van der Waals surface area contributed by atoms with E-state index in [0.717, 1.165) is 29.7 Å². The van der Waals surface area contributed by atoms with Crippen LogP contribution in [0.25, 0.3) is 0 Å². The molecule has 31 heavy (non-hydrogen) atoms. The Morgan fingerprint density at radius 2 is 2.10 bits per heavy atom. The Morgan fingerprint density at radius 1 is 1.32 bits per heavy atom. The summed E-state index contributed by atoms with van der Waals surface area (Å²) >= 11 is 0. The van der Waals surface area contributed by atoms with E-state index in [4.69, 9.17) is 4.74 Å². The van der Waals surface area contributed by atoms with E-state index in [0.29, 0.717) is 37.1 Å². The van der Waals surface area contributed by atoms with Crippen molar-refractivity contribution in [3.05, 3.63) is 52.5 Å². The van der Waals surface area contributed by atoms with Crippen molar-refractivity contribution in [2.24, 2.45) is 0 Å². The maximum Gasteiger partial charge on any atom is 0.239 e. The average molecular weight is 425 g/mol. The molecule has 1 aromatic heterocycles. The van der Waals surface area contributed by atoms with Gasteiger partial charge < -0.3 is 14.6 Å². The molecule has 0 radical (unpaired) electrons. The molecule has 0 bridgehead atoms. The minimum absolute atomic E-state index is 0.145. The number of amides is 1. The monoisotopic (exact) mass is 424 g/mol. The molecule has 1 N–H and O–H groups in total. The minimum Gasteiger partial charge on any atom is -0.371 e. The van der Waals surface area contributed by atoms with Crippen LogP contribution in [0.2, 0.25) is 0 Å². The highest BCUT2D eigenvalue weighted by molar-refractivity contribution is 5.93. The zero-order valence-electron chi connectivity index (χ0n) is 18.2. The third-order valence-corrected chi connectivity index (χ3v) is 6.55. The van der Waals surface area contributed by atoms with Gasteiger partial charge in [-0.25, -0.2) is 4.39 Å². The van der Waals surface area contributed by atoms with Crippen LogP contribution in [0.3, 0.4) is 0 Å². The van der Waals surface area contributed by atoms with Gasteiger partial charge >= 0.3 is 0 Å². The van der Waals surface area contributed by atoms with Gasteiger partial charge in [-0.15, -0.1) is 0 Å². The van der Waals surface area contributed by atoms with Crippen molar-refractivity contribution in [3.63, 3.8) is 0 Å². The van der Waals surface area contributed by atoms with E-state index in [1.165, 1.54) is 25.0 Å². The molecule has 1 atom stereocenters. The molecule has 1 unspecified atom stereocenters. The average Bonchev–Trinajstić information content (AvgIpc) is 3.35. The van der Waals surface area contributed by atoms with Crippen molar-refractivity contribution in [2.75, 3.05) is 31.6 Å². The molecule has 1 aromatic carbocycles. The van der Waals surface area contributed by atoms with E-state index < -0.39 is 0 Å². The predicted molar refractivity (Wildman–Crippen MR) is 116 cm³/mol. The van der Waals surface area contributed by atoms with Gasteiger partial charge in [0.2, 0.25) is 5.91 Å². The first-order chi connectivity index (χ1) is 15.0. The standard InChI is InChI=1S/C24H29FN4O2/c1-16-17(2)29(20-8-3-4-9-20)24(21(16)13-26)27-23(30)15-28-10-11-31-22(14-28)18-6-5-7-19(25)12-18/h5-7,12,20,22H,3-4,8-11,14-15H2,1-2H3,(H,27,30). The highest BCUT2D eigenvalue weighted by Crippen LogP contribution is 2.37. The fourth-order valence-electron chi connectivity index (χ4n) is 4.84. The molecule has 2 aliphatic rings. The number of aromatic nitrogens is 1. The van der Waals surface area contributed by atoms with Gasteiger partial charge in [0.1, 0.15) is 17.7 Å². The van der Waals surface area contributed by atoms with Crippen LogP contribution in [-0.2, 0) is 9.53 Å². The van der Waals surface area contributed by atoms with Crippen molar-refractivity contribution in [3.8, 4) is 6.07 Å². The zero-order chi connectivity index (χ0) is 22.0. The second-order valence-electron chi connectivity index (χ2n) is 8.55. The molecule has 1 aliphatic carbocycles. The van der Waals surface area contributed by atoms with Gasteiger partial charge in [0.25, 0.3) is 0 Å². The summed E-state index contributed by atoms with van der Waals surface area (Å²) in [5, 5.41) is 12.8. The Balaban J connectivity index is 1.47. The lowest BCUT2D eigenvalue weighted by molar-refractivity contribution is -0.119. The SMILES string of the molecule is Cc1c(C#N)c(NC(=O)CN2CCOC(c3cccc(F)c3)C2)n(C2CCCC2)c1C. The van der Waals surface area contributed by atoms with Crippen LogP contribution in [0.15, 0.2) is 24.3 Å². The first kappa shape index (κ1) is 21.5. The van der Waals surface area contributed by atoms with Crippen LogP contribution < -0.4 is 5.32 Å². The molecular weight excluding hydrogens is 395 g/mol. The third-order valence-electron chi connectivity index (χ3n) is 6.55. The molecule has 1 saturated carbocycles. The quantitative estimate of drug-likeness (QED) is 0.779. The molecule has 2 aromatic rings. The number of hydrogen-bond acceptors (Lipinski definition) is 4. The third kappa shape index (κ3) is 4.51. The predicted octanol–water partition coefficient (Wildman–Crippen LogP) is 4.24. The number of halogens is 1. The molecule has 164 valence electrons. The first-order valence-corrected chi connectivity index (χ1v) is 11.0. The van der Waals surface area contributed by atoms with E-state index in [-0.39, 0.29) is 24.4 Å². The van der Waals surface area contributed by atoms with Crippen LogP contribution in [0.4, 0.5) is 10.2 Å². The number of carbonyl (C=O) groups is 1. The molecule has 1 saturated heterocycles. The van der Waals surface area contributed by atoms with Crippen LogP contribution in [0.5, 0.6) is 0 Å². The Bertz CT molecular complexity index is 1000.